The maximum absolute atomic E-state index is 11.8. The number of aryl methyl sites for hydroxylation is 1. The van der Waals surface area contributed by atoms with Crippen molar-refractivity contribution in [3.8, 4) is 11.5 Å². The van der Waals surface area contributed by atoms with Crippen molar-refractivity contribution in [1.82, 2.24) is 20.0 Å². The Morgan fingerprint density at radius 1 is 1.36 bits per heavy atom. The minimum Gasteiger partial charge on any atom is -0.467 e. The molecule has 22 heavy (non-hydrogen) atoms. The maximum atomic E-state index is 11.8. The van der Waals surface area contributed by atoms with E-state index in [1.54, 1.807) is 12.3 Å². The average Bonchev–Trinajstić information content (AvgIpc) is 3.20. The highest BCUT2D eigenvalue weighted by molar-refractivity contribution is 5.64. The fraction of sp³-hybridized carbons (Fsp3) is 0.333. The van der Waals surface area contributed by atoms with Gasteiger partial charge in [0.1, 0.15) is 5.76 Å². The zero-order chi connectivity index (χ0) is 15.5. The van der Waals surface area contributed by atoms with Crippen molar-refractivity contribution in [2.24, 2.45) is 0 Å². The lowest BCUT2D eigenvalue weighted by Crippen LogP contribution is -2.16. The standard InChI is InChI=1S/C12H13N5O5/c1-7-4-8(20-6-7)5-17-11(16-21-12(17)19)9-10(13-2-3-18)15-22-14-9/h4,6,18H,2-3,5H2,1H3,(H,13,15). The summed E-state index contributed by atoms with van der Waals surface area (Å²) in [4.78, 5) is 11.8. The van der Waals surface area contributed by atoms with Gasteiger partial charge in [-0.15, -0.1) is 0 Å². The molecule has 0 aliphatic heterocycles. The molecule has 3 aromatic rings. The van der Waals surface area contributed by atoms with Crippen LogP contribution in [0.4, 0.5) is 5.82 Å². The van der Waals surface area contributed by atoms with Crippen LogP contribution in [-0.4, -0.2) is 38.3 Å². The highest BCUT2D eigenvalue weighted by Crippen LogP contribution is 2.22. The predicted octanol–water partition coefficient (Wildman–Crippen LogP) is 0.240. The second kappa shape index (κ2) is 5.85. The zero-order valence-electron chi connectivity index (χ0n) is 11.6. The number of aromatic nitrogens is 4. The third kappa shape index (κ3) is 2.63. The molecule has 3 rings (SSSR count). The van der Waals surface area contributed by atoms with Crippen LogP contribution in [0.1, 0.15) is 11.3 Å². The van der Waals surface area contributed by atoms with E-state index in [0.29, 0.717) is 5.76 Å². The summed E-state index contributed by atoms with van der Waals surface area (Å²) in [6, 6.07) is 1.80. The molecule has 10 nitrogen and oxygen atoms in total. The third-order valence-corrected chi connectivity index (χ3v) is 2.89. The molecule has 0 bridgehead atoms. The number of aliphatic hydroxyl groups is 1. The van der Waals surface area contributed by atoms with Gasteiger partial charge in [0.15, 0.2) is 5.69 Å². The molecule has 0 unspecified atom stereocenters. The second-order valence-electron chi connectivity index (χ2n) is 4.56. The van der Waals surface area contributed by atoms with Crippen LogP contribution in [0.25, 0.3) is 11.5 Å². The Morgan fingerprint density at radius 3 is 2.95 bits per heavy atom. The van der Waals surface area contributed by atoms with E-state index < -0.39 is 5.76 Å². The van der Waals surface area contributed by atoms with E-state index in [1.807, 2.05) is 6.92 Å². The lowest BCUT2D eigenvalue weighted by molar-refractivity contribution is 0.304. The number of hydrogen-bond donors (Lipinski definition) is 2. The molecule has 0 saturated heterocycles. The molecule has 2 N–H and O–H groups in total. The molecule has 0 amide bonds. The molecular formula is C12H13N5O5. The van der Waals surface area contributed by atoms with E-state index in [9.17, 15) is 4.79 Å². The number of rotatable bonds is 6. The summed E-state index contributed by atoms with van der Waals surface area (Å²) in [5.74, 6) is 0.331. The van der Waals surface area contributed by atoms with Crippen LogP contribution < -0.4 is 11.1 Å². The fourth-order valence-electron chi connectivity index (χ4n) is 1.93. The summed E-state index contributed by atoms with van der Waals surface area (Å²) >= 11 is 0. The molecular weight excluding hydrogens is 294 g/mol. The summed E-state index contributed by atoms with van der Waals surface area (Å²) in [5.41, 5.74) is 1.15. The van der Waals surface area contributed by atoms with Gasteiger partial charge >= 0.3 is 5.76 Å². The molecule has 116 valence electrons. The van der Waals surface area contributed by atoms with Crippen molar-refractivity contribution in [2.45, 2.75) is 13.5 Å². The first-order valence-corrected chi connectivity index (χ1v) is 6.47. The van der Waals surface area contributed by atoms with E-state index in [-0.39, 0.29) is 37.0 Å². The van der Waals surface area contributed by atoms with Gasteiger partial charge in [0, 0.05) is 6.54 Å². The Labute approximate surface area is 123 Å². The van der Waals surface area contributed by atoms with Gasteiger partial charge in [-0.1, -0.05) is 5.16 Å². The first-order chi connectivity index (χ1) is 10.7. The SMILES string of the molecule is Cc1coc(Cn2c(-c3nonc3NCCO)noc2=O)c1. The maximum Gasteiger partial charge on any atom is 0.442 e. The molecule has 0 fully saturated rings. The Balaban J connectivity index is 1.95. The summed E-state index contributed by atoms with van der Waals surface area (Å²) in [6.45, 7) is 2.17. The van der Waals surface area contributed by atoms with Crippen molar-refractivity contribution in [3.05, 3.63) is 34.2 Å². The largest absolute Gasteiger partial charge is 0.467 e. The summed E-state index contributed by atoms with van der Waals surface area (Å²) in [6.07, 6.45) is 1.58. The predicted molar refractivity (Wildman–Crippen MR) is 72.2 cm³/mol. The van der Waals surface area contributed by atoms with E-state index in [0.717, 1.165) is 5.56 Å². The molecule has 0 radical (unpaired) electrons. The fourth-order valence-corrected chi connectivity index (χ4v) is 1.93. The molecule has 3 aromatic heterocycles. The highest BCUT2D eigenvalue weighted by atomic mass is 16.6. The molecule has 10 heteroatoms. The number of nitrogens with one attached hydrogen (secondary N) is 1. The Kier molecular flexibility index (Phi) is 3.74. The average molecular weight is 307 g/mol. The summed E-state index contributed by atoms with van der Waals surface area (Å²) in [5, 5.41) is 22.7. The van der Waals surface area contributed by atoms with Crippen LogP contribution in [0, 0.1) is 6.92 Å². The van der Waals surface area contributed by atoms with E-state index >= 15 is 0 Å². The second-order valence-corrected chi connectivity index (χ2v) is 4.56. The van der Waals surface area contributed by atoms with Crippen LogP contribution in [-0.2, 0) is 6.54 Å². The van der Waals surface area contributed by atoms with Crippen molar-refractivity contribution in [2.75, 3.05) is 18.5 Å². The van der Waals surface area contributed by atoms with E-state index in [1.165, 1.54) is 4.57 Å². The van der Waals surface area contributed by atoms with Gasteiger partial charge in [0.2, 0.25) is 11.6 Å². The first kappa shape index (κ1) is 14.1. The van der Waals surface area contributed by atoms with Crippen molar-refractivity contribution >= 4 is 5.82 Å². The van der Waals surface area contributed by atoms with Gasteiger partial charge < -0.3 is 14.8 Å². The number of nitrogens with zero attached hydrogens (tertiary/aromatic N) is 4. The topological polar surface area (TPSA) is 132 Å². The normalized spacial score (nSPS) is 11.0. The first-order valence-electron chi connectivity index (χ1n) is 6.47. The minimum absolute atomic E-state index is 0.0937. The number of furan rings is 1. The zero-order valence-corrected chi connectivity index (χ0v) is 11.6. The van der Waals surface area contributed by atoms with Gasteiger partial charge in [0.05, 0.1) is 19.4 Å². The van der Waals surface area contributed by atoms with Crippen molar-refractivity contribution in [1.29, 1.82) is 0 Å². The Bertz CT molecular complexity index is 814. The summed E-state index contributed by atoms with van der Waals surface area (Å²) < 4.78 is 15.9. The lowest BCUT2D eigenvalue weighted by atomic mass is 10.3. The number of hydrogen-bond acceptors (Lipinski definition) is 9. The molecule has 0 aliphatic rings. The van der Waals surface area contributed by atoms with Crippen LogP contribution in [0.3, 0.4) is 0 Å². The van der Waals surface area contributed by atoms with Gasteiger partial charge in [-0.05, 0) is 28.9 Å². The van der Waals surface area contributed by atoms with Crippen molar-refractivity contribution < 1.29 is 18.7 Å². The monoisotopic (exact) mass is 307 g/mol. The minimum atomic E-state index is -0.653. The molecule has 0 atom stereocenters. The van der Waals surface area contributed by atoms with Gasteiger partial charge in [-0.2, -0.15) is 0 Å². The number of aliphatic hydroxyl groups excluding tert-OH is 1. The van der Waals surface area contributed by atoms with Gasteiger partial charge in [-0.25, -0.2) is 14.0 Å². The molecule has 0 aliphatic carbocycles. The number of anilines is 1. The van der Waals surface area contributed by atoms with Gasteiger partial charge in [-0.3, -0.25) is 4.52 Å². The smallest absolute Gasteiger partial charge is 0.442 e. The van der Waals surface area contributed by atoms with Crippen molar-refractivity contribution in [3.63, 3.8) is 0 Å². The third-order valence-electron chi connectivity index (χ3n) is 2.89. The van der Waals surface area contributed by atoms with Crippen LogP contribution >= 0.6 is 0 Å². The molecule has 0 saturated carbocycles. The molecule has 3 heterocycles. The summed E-state index contributed by atoms with van der Waals surface area (Å²) in [7, 11) is 0. The molecule has 0 aromatic carbocycles. The molecule has 0 spiro atoms. The van der Waals surface area contributed by atoms with Crippen LogP contribution in [0.2, 0.25) is 0 Å². The Morgan fingerprint density at radius 2 is 2.23 bits per heavy atom. The highest BCUT2D eigenvalue weighted by Gasteiger charge is 2.22. The van der Waals surface area contributed by atoms with Crippen LogP contribution in [0.5, 0.6) is 0 Å². The lowest BCUT2D eigenvalue weighted by Gasteiger charge is -2.02. The van der Waals surface area contributed by atoms with E-state index in [2.05, 4.69) is 29.9 Å². The quantitative estimate of drug-likeness (QED) is 0.657. The van der Waals surface area contributed by atoms with Gasteiger partial charge in [0.25, 0.3) is 0 Å². The van der Waals surface area contributed by atoms with Crippen LogP contribution in [0.15, 0.2) is 30.7 Å². The Hall–Kier alpha value is -2.88. The van der Waals surface area contributed by atoms with E-state index in [4.69, 9.17) is 9.52 Å².